The predicted octanol–water partition coefficient (Wildman–Crippen LogP) is 5.35. The molecule has 0 aliphatic carbocycles. The van der Waals surface area contributed by atoms with Gasteiger partial charge in [0.1, 0.15) is 23.1 Å². The van der Waals surface area contributed by atoms with Crippen LogP contribution in [0.2, 0.25) is 5.02 Å². The van der Waals surface area contributed by atoms with Gasteiger partial charge in [0.25, 0.3) is 0 Å². The van der Waals surface area contributed by atoms with Crippen LogP contribution in [0.1, 0.15) is 36.7 Å². The summed E-state index contributed by atoms with van der Waals surface area (Å²) in [6.45, 7) is 5.10. The number of hydrogen-bond donors (Lipinski definition) is 2. The van der Waals surface area contributed by atoms with Gasteiger partial charge in [0.15, 0.2) is 0 Å². The van der Waals surface area contributed by atoms with E-state index >= 15 is 0 Å². The van der Waals surface area contributed by atoms with Crippen LogP contribution in [0.15, 0.2) is 54.7 Å². The summed E-state index contributed by atoms with van der Waals surface area (Å²) in [5.74, 6) is 3.39. The van der Waals surface area contributed by atoms with E-state index in [1.54, 1.807) is 0 Å². The van der Waals surface area contributed by atoms with Crippen LogP contribution >= 0.6 is 11.6 Å². The van der Waals surface area contributed by atoms with Gasteiger partial charge in [0.2, 0.25) is 0 Å². The zero-order valence-corrected chi connectivity index (χ0v) is 19.0. The molecule has 6 nitrogen and oxygen atoms in total. The third-order valence-electron chi connectivity index (χ3n) is 6.18. The van der Waals surface area contributed by atoms with E-state index in [1.807, 2.05) is 55.6 Å². The van der Waals surface area contributed by atoms with Crippen molar-refractivity contribution in [2.45, 2.75) is 38.3 Å². The number of hydrogen-bond acceptors (Lipinski definition) is 6. The van der Waals surface area contributed by atoms with Crippen LogP contribution in [-0.2, 0) is 0 Å². The molecule has 7 heteroatoms. The first-order valence-corrected chi connectivity index (χ1v) is 11.6. The highest BCUT2D eigenvalue weighted by molar-refractivity contribution is 6.30. The number of nitrogens with zero attached hydrogens (tertiary/aromatic N) is 3. The van der Waals surface area contributed by atoms with E-state index in [9.17, 15) is 0 Å². The summed E-state index contributed by atoms with van der Waals surface area (Å²) in [7, 11) is 0. The van der Waals surface area contributed by atoms with Crippen molar-refractivity contribution >= 4 is 23.1 Å². The van der Waals surface area contributed by atoms with E-state index < -0.39 is 0 Å². The number of fused-ring (bicyclic) bond motifs is 1. The van der Waals surface area contributed by atoms with Gasteiger partial charge in [-0.1, -0.05) is 23.7 Å². The highest BCUT2D eigenvalue weighted by atomic mass is 35.5. The van der Waals surface area contributed by atoms with Crippen molar-refractivity contribution in [3.8, 4) is 11.5 Å². The Kier molecular flexibility index (Phi) is 6.14. The van der Waals surface area contributed by atoms with E-state index in [4.69, 9.17) is 21.3 Å². The molecule has 166 valence electrons. The molecule has 0 spiro atoms. The number of halogens is 1. The smallest absolute Gasteiger partial charge is 0.137 e. The lowest BCUT2D eigenvalue weighted by Crippen LogP contribution is -2.47. The number of anilines is 2. The molecule has 0 radical (unpaired) electrons. The number of ether oxygens (including phenoxy) is 1. The molecule has 3 aromatic rings. The molecule has 3 heterocycles. The van der Waals surface area contributed by atoms with Crippen molar-refractivity contribution in [1.29, 1.82) is 0 Å². The Hall–Kier alpha value is -2.83. The Morgan fingerprint density at radius 3 is 2.66 bits per heavy atom. The lowest BCUT2D eigenvalue weighted by molar-refractivity contribution is 0.413. The first-order chi connectivity index (χ1) is 15.7. The zero-order chi connectivity index (χ0) is 21.9. The van der Waals surface area contributed by atoms with Gasteiger partial charge >= 0.3 is 0 Å². The molecule has 2 aliphatic heterocycles. The fourth-order valence-electron chi connectivity index (χ4n) is 4.61. The van der Waals surface area contributed by atoms with Crippen LogP contribution in [0, 0.1) is 6.92 Å². The van der Waals surface area contributed by atoms with Crippen LogP contribution in [0.4, 0.5) is 11.5 Å². The van der Waals surface area contributed by atoms with Crippen molar-refractivity contribution in [3.05, 3.63) is 71.1 Å². The third-order valence-corrected chi connectivity index (χ3v) is 6.41. The van der Waals surface area contributed by atoms with Crippen LogP contribution in [-0.4, -0.2) is 35.6 Å². The fraction of sp³-hybridized carbons (Fsp3) is 0.360. The van der Waals surface area contributed by atoms with E-state index in [-0.39, 0.29) is 6.04 Å². The van der Waals surface area contributed by atoms with Gasteiger partial charge in [-0.05, 0) is 69.6 Å². The monoisotopic (exact) mass is 449 g/mol. The lowest BCUT2D eigenvalue weighted by atomic mass is 9.96. The Morgan fingerprint density at radius 2 is 1.84 bits per heavy atom. The molecule has 0 saturated carbocycles. The number of rotatable bonds is 5. The first kappa shape index (κ1) is 21.0. The minimum Gasteiger partial charge on any atom is -0.457 e. The van der Waals surface area contributed by atoms with Crippen LogP contribution < -0.4 is 20.3 Å². The van der Waals surface area contributed by atoms with Crippen molar-refractivity contribution in [3.63, 3.8) is 0 Å². The van der Waals surface area contributed by atoms with Gasteiger partial charge in [-0.15, -0.1) is 0 Å². The summed E-state index contributed by atoms with van der Waals surface area (Å²) in [4.78, 5) is 11.9. The normalized spacial score (nSPS) is 18.8. The minimum atomic E-state index is 0.157. The largest absolute Gasteiger partial charge is 0.457 e. The average Bonchev–Trinajstić information content (AvgIpc) is 2.80. The number of aryl methyl sites for hydroxylation is 1. The first-order valence-electron chi connectivity index (χ1n) is 11.3. The van der Waals surface area contributed by atoms with E-state index in [1.165, 1.54) is 5.56 Å². The van der Waals surface area contributed by atoms with Gasteiger partial charge in [0.05, 0.1) is 6.04 Å². The maximum Gasteiger partial charge on any atom is 0.137 e. The molecule has 2 aromatic carbocycles. The third kappa shape index (κ3) is 4.66. The number of piperidine rings is 1. The van der Waals surface area contributed by atoms with Crippen LogP contribution in [0.25, 0.3) is 0 Å². The Morgan fingerprint density at radius 1 is 1.06 bits per heavy atom. The lowest BCUT2D eigenvalue weighted by Gasteiger charge is -2.41. The SMILES string of the molecule is Cc1ncc2c(n1)N(C1CCNCC1)CCC2Nc1cccc(Oc2cccc(Cl)c2)c1. The maximum atomic E-state index is 6.09. The number of benzene rings is 2. The molecule has 5 rings (SSSR count). The molecule has 2 N–H and O–H groups in total. The maximum absolute atomic E-state index is 6.09. The average molecular weight is 450 g/mol. The zero-order valence-electron chi connectivity index (χ0n) is 18.2. The molecular weight excluding hydrogens is 422 g/mol. The highest BCUT2D eigenvalue weighted by Gasteiger charge is 2.31. The molecule has 1 fully saturated rings. The second-order valence-electron chi connectivity index (χ2n) is 8.44. The molecule has 32 heavy (non-hydrogen) atoms. The minimum absolute atomic E-state index is 0.157. The predicted molar refractivity (Wildman–Crippen MR) is 129 cm³/mol. The number of nitrogens with one attached hydrogen (secondary N) is 2. The molecule has 0 amide bonds. The topological polar surface area (TPSA) is 62.3 Å². The fourth-order valence-corrected chi connectivity index (χ4v) is 4.79. The summed E-state index contributed by atoms with van der Waals surface area (Å²) >= 11 is 6.09. The molecule has 2 aliphatic rings. The molecular formula is C25H28ClN5O. The molecule has 0 bridgehead atoms. The summed E-state index contributed by atoms with van der Waals surface area (Å²) in [5, 5.41) is 7.81. The molecule has 1 aromatic heterocycles. The van der Waals surface area contributed by atoms with Gasteiger partial charge in [0, 0.05) is 41.1 Å². The molecule has 1 unspecified atom stereocenters. The Labute approximate surface area is 194 Å². The van der Waals surface area contributed by atoms with Crippen LogP contribution in [0.3, 0.4) is 0 Å². The quantitative estimate of drug-likeness (QED) is 0.547. The second-order valence-corrected chi connectivity index (χ2v) is 8.88. The summed E-state index contributed by atoms with van der Waals surface area (Å²) in [5.41, 5.74) is 2.18. The summed E-state index contributed by atoms with van der Waals surface area (Å²) < 4.78 is 6.01. The van der Waals surface area contributed by atoms with Crippen molar-refractivity contribution in [2.24, 2.45) is 0 Å². The summed E-state index contributed by atoms with van der Waals surface area (Å²) in [6, 6.07) is 16.2. The van der Waals surface area contributed by atoms with Crippen molar-refractivity contribution in [2.75, 3.05) is 29.9 Å². The second kappa shape index (κ2) is 9.35. The Bertz CT molecular complexity index is 1090. The van der Waals surface area contributed by atoms with Crippen LogP contribution in [0.5, 0.6) is 11.5 Å². The number of aromatic nitrogens is 2. The highest BCUT2D eigenvalue weighted by Crippen LogP contribution is 2.37. The van der Waals surface area contributed by atoms with Crippen molar-refractivity contribution in [1.82, 2.24) is 15.3 Å². The van der Waals surface area contributed by atoms with Gasteiger partial charge in [-0.25, -0.2) is 9.97 Å². The van der Waals surface area contributed by atoms with Gasteiger partial charge in [-0.2, -0.15) is 0 Å². The van der Waals surface area contributed by atoms with E-state index in [2.05, 4.69) is 26.6 Å². The van der Waals surface area contributed by atoms with Gasteiger partial charge in [-0.3, -0.25) is 0 Å². The van der Waals surface area contributed by atoms with Crippen molar-refractivity contribution < 1.29 is 4.74 Å². The summed E-state index contributed by atoms with van der Waals surface area (Å²) in [6.07, 6.45) is 5.31. The van der Waals surface area contributed by atoms with E-state index in [0.717, 1.165) is 67.7 Å². The molecule has 1 atom stereocenters. The molecule has 1 saturated heterocycles. The Balaban J connectivity index is 1.36. The van der Waals surface area contributed by atoms with E-state index in [0.29, 0.717) is 11.1 Å². The van der Waals surface area contributed by atoms with Gasteiger partial charge < -0.3 is 20.3 Å². The standard InChI is InChI=1S/C25H28ClN5O/c1-17-28-16-23-24(10-13-31(25(23)29-17)20-8-11-27-12-9-20)30-19-5-3-7-22(15-19)32-21-6-2-4-18(26)14-21/h2-7,14-16,20,24,27,30H,8-13H2,1H3.